The van der Waals surface area contributed by atoms with Crippen LogP contribution in [-0.2, 0) is 9.47 Å². The van der Waals surface area contributed by atoms with Gasteiger partial charge in [0.15, 0.2) is 0 Å². The lowest BCUT2D eigenvalue weighted by molar-refractivity contribution is 0.0562. The molecule has 37 heavy (non-hydrogen) atoms. The van der Waals surface area contributed by atoms with Gasteiger partial charge in [0.05, 0.1) is 25.5 Å². The van der Waals surface area contributed by atoms with Crippen LogP contribution in [0.5, 0.6) is 0 Å². The second-order valence-electron chi connectivity index (χ2n) is 9.62. The van der Waals surface area contributed by atoms with E-state index in [0.717, 1.165) is 26.9 Å². The Hall–Kier alpha value is -3.05. The summed E-state index contributed by atoms with van der Waals surface area (Å²) in [5, 5.41) is 0. The van der Waals surface area contributed by atoms with E-state index in [1.54, 1.807) is 32.9 Å². The number of halogens is 2. The van der Waals surface area contributed by atoms with Crippen LogP contribution in [0, 0.1) is 12.9 Å². The molecule has 0 unspecified atom stereocenters. The van der Waals surface area contributed by atoms with Gasteiger partial charge in [-0.05, 0) is 57.0 Å². The van der Waals surface area contributed by atoms with Crippen LogP contribution in [0.1, 0.15) is 26.3 Å². The maximum atomic E-state index is 15.2. The van der Waals surface area contributed by atoms with Gasteiger partial charge in [0.2, 0.25) is 5.95 Å². The number of aryl methyl sites for hydroxylation is 1. The minimum absolute atomic E-state index is 0.171. The Kier molecular flexibility index (Phi) is 8.43. The topological polar surface area (TPSA) is 69.0 Å². The molecule has 3 aromatic heterocycles. The van der Waals surface area contributed by atoms with E-state index >= 15 is 4.39 Å². The van der Waals surface area contributed by atoms with Gasteiger partial charge in [-0.15, -0.1) is 0 Å². The zero-order chi connectivity index (χ0) is 26.6. The summed E-state index contributed by atoms with van der Waals surface area (Å²) in [6.07, 6.45) is 3.40. The van der Waals surface area contributed by atoms with Crippen molar-refractivity contribution < 1.29 is 18.7 Å². The molecule has 9 heteroatoms. The molecule has 1 aromatic carbocycles. The minimum Gasteiger partial charge on any atom is -0.443 e. The highest BCUT2D eigenvalue weighted by Gasteiger charge is 2.25. The molecular formula is C28H30FIN4O3. The molecule has 0 aliphatic carbocycles. The van der Waals surface area contributed by atoms with Crippen molar-refractivity contribution in [2.24, 2.45) is 0 Å². The number of benzene rings is 1. The molecular weight excluding hydrogens is 586 g/mol. The number of alkyl halides is 1. The van der Waals surface area contributed by atoms with E-state index in [1.807, 2.05) is 60.1 Å². The number of imidazole rings is 1. The van der Waals surface area contributed by atoms with Crippen molar-refractivity contribution in [1.29, 1.82) is 0 Å². The van der Waals surface area contributed by atoms with E-state index in [4.69, 9.17) is 9.47 Å². The third-order valence-corrected chi connectivity index (χ3v) is 5.94. The molecule has 0 bridgehead atoms. The standard InChI is InChI=1S/C28H30FIN4O3/c1-19-5-11-24-31-23(18-33(24)17-19)21-8-6-20(7-9-21)22-10-12-25(32-26(22)29)34(14-16-36-15-13-30)27(35)37-28(2,3)4/h5-12,17-18H,13-16H2,1-4H3. The minimum atomic E-state index is -0.696. The van der Waals surface area contributed by atoms with Crippen molar-refractivity contribution >= 4 is 40.1 Å². The highest BCUT2D eigenvalue weighted by Crippen LogP contribution is 2.28. The summed E-state index contributed by atoms with van der Waals surface area (Å²) >= 11 is 2.21. The molecule has 4 rings (SSSR count). The maximum Gasteiger partial charge on any atom is 0.416 e. The number of hydrogen-bond donors (Lipinski definition) is 0. The number of pyridine rings is 2. The Morgan fingerprint density at radius 3 is 2.41 bits per heavy atom. The molecule has 4 aromatic rings. The maximum absolute atomic E-state index is 15.2. The Morgan fingerprint density at radius 1 is 1.00 bits per heavy atom. The molecule has 0 aliphatic rings. The molecule has 194 valence electrons. The summed E-state index contributed by atoms with van der Waals surface area (Å²) in [5.41, 5.74) is 4.10. The van der Waals surface area contributed by atoms with Crippen LogP contribution in [0.3, 0.4) is 0 Å². The van der Waals surface area contributed by atoms with Crippen molar-refractivity contribution in [3.05, 3.63) is 72.4 Å². The number of amides is 1. The molecule has 3 heterocycles. The van der Waals surface area contributed by atoms with Crippen molar-refractivity contribution in [2.75, 3.05) is 29.1 Å². The Labute approximate surface area is 229 Å². The zero-order valence-electron chi connectivity index (χ0n) is 21.4. The summed E-state index contributed by atoms with van der Waals surface area (Å²) in [7, 11) is 0. The fourth-order valence-corrected chi connectivity index (χ4v) is 4.09. The molecule has 0 spiro atoms. The van der Waals surface area contributed by atoms with Gasteiger partial charge in [-0.3, -0.25) is 4.90 Å². The number of carbonyl (C=O) groups excluding carboxylic acids is 1. The van der Waals surface area contributed by atoms with Crippen LogP contribution in [0.4, 0.5) is 15.0 Å². The third kappa shape index (κ3) is 6.84. The van der Waals surface area contributed by atoms with Gasteiger partial charge in [-0.1, -0.05) is 52.9 Å². The van der Waals surface area contributed by atoms with Crippen molar-refractivity contribution in [1.82, 2.24) is 14.4 Å². The number of aromatic nitrogens is 3. The molecule has 0 aliphatic heterocycles. The smallest absolute Gasteiger partial charge is 0.416 e. The van der Waals surface area contributed by atoms with Gasteiger partial charge >= 0.3 is 6.09 Å². The molecule has 7 nitrogen and oxygen atoms in total. The van der Waals surface area contributed by atoms with E-state index in [9.17, 15) is 4.79 Å². The van der Waals surface area contributed by atoms with E-state index in [0.29, 0.717) is 17.7 Å². The van der Waals surface area contributed by atoms with Crippen LogP contribution in [0.2, 0.25) is 0 Å². The van der Waals surface area contributed by atoms with Gasteiger partial charge in [0.1, 0.15) is 17.1 Å². The van der Waals surface area contributed by atoms with Gasteiger partial charge in [0, 0.05) is 27.9 Å². The summed E-state index contributed by atoms with van der Waals surface area (Å²) in [5.74, 6) is -0.500. The largest absolute Gasteiger partial charge is 0.443 e. The van der Waals surface area contributed by atoms with Gasteiger partial charge in [0.25, 0.3) is 0 Å². The lowest BCUT2D eigenvalue weighted by Gasteiger charge is -2.27. The lowest BCUT2D eigenvalue weighted by Crippen LogP contribution is -2.39. The molecule has 1 amide bonds. The first-order valence-electron chi connectivity index (χ1n) is 12.0. The second-order valence-corrected chi connectivity index (χ2v) is 10.7. The first kappa shape index (κ1) is 27.0. The monoisotopic (exact) mass is 616 g/mol. The number of rotatable bonds is 8. The zero-order valence-corrected chi connectivity index (χ0v) is 23.5. The number of hydrogen-bond acceptors (Lipinski definition) is 5. The average molecular weight is 616 g/mol. The number of anilines is 1. The van der Waals surface area contributed by atoms with Crippen molar-refractivity contribution in [2.45, 2.75) is 33.3 Å². The van der Waals surface area contributed by atoms with E-state index in [1.165, 1.54) is 4.90 Å². The number of nitrogens with zero attached hydrogens (tertiary/aromatic N) is 4. The summed E-state index contributed by atoms with van der Waals surface area (Å²) in [6.45, 7) is 8.43. The van der Waals surface area contributed by atoms with Gasteiger partial charge < -0.3 is 13.9 Å². The summed E-state index contributed by atoms with van der Waals surface area (Å²) in [4.78, 5) is 22.9. The first-order chi connectivity index (χ1) is 17.6. The quantitative estimate of drug-likeness (QED) is 0.0954. The predicted octanol–water partition coefficient (Wildman–Crippen LogP) is 6.70. The number of ether oxygens (including phenoxy) is 2. The number of fused-ring (bicyclic) bond motifs is 1. The van der Waals surface area contributed by atoms with E-state index in [2.05, 4.69) is 32.6 Å². The van der Waals surface area contributed by atoms with Crippen LogP contribution in [0.25, 0.3) is 28.0 Å². The van der Waals surface area contributed by atoms with Crippen LogP contribution >= 0.6 is 22.6 Å². The summed E-state index contributed by atoms with van der Waals surface area (Å²) < 4.78 is 29.1. The third-order valence-electron chi connectivity index (χ3n) is 5.50. The SMILES string of the molecule is Cc1ccc2nc(-c3ccc(-c4ccc(N(CCOCCI)C(=O)OC(C)(C)C)nc4F)cc3)cn2c1. The molecule has 0 fully saturated rings. The van der Waals surface area contributed by atoms with Crippen LogP contribution < -0.4 is 4.90 Å². The number of carbonyl (C=O) groups is 1. The molecule has 0 radical (unpaired) electrons. The van der Waals surface area contributed by atoms with Crippen molar-refractivity contribution in [3.63, 3.8) is 0 Å². The first-order valence-corrected chi connectivity index (χ1v) is 13.5. The Morgan fingerprint density at radius 2 is 1.73 bits per heavy atom. The summed E-state index contributed by atoms with van der Waals surface area (Å²) in [6, 6.07) is 14.8. The molecule has 0 N–H and O–H groups in total. The highest BCUT2D eigenvalue weighted by molar-refractivity contribution is 14.1. The highest BCUT2D eigenvalue weighted by atomic mass is 127. The fraction of sp³-hybridized carbons (Fsp3) is 0.321. The van der Waals surface area contributed by atoms with Gasteiger partial charge in [-0.2, -0.15) is 4.39 Å². The lowest BCUT2D eigenvalue weighted by atomic mass is 10.0. The normalized spacial score (nSPS) is 11.6. The van der Waals surface area contributed by atoms with Gasteiger partial charge in [-0.25, -0.2) is 14.8 Å². The van der Waals surface area contributed by atoms with Crippen molar-refractivity contribution in [3.8, 4) is 22.4 Å². The van der Waals surface area contributed by atoms with E-state index < -0.39 is 17.6 Å². The van der Waals surface area contributed by atoms with Crippen LogP contribution in [0.15, 0.2) is 60.9 Å². The Bertz CT molecular complexity index is 1380. The molecule has 0 atom stereocenters. The second kappa shape index (κ2) is 11.6. The fourth-order valence-electron chi connectivity index (χ4n) is 3.78. The van der Waals surface area contributed by atoms with Crippen LogP contribution in [-0.4, -0.2) is 50.2 Å². The predicted molar refractivity (Wildman–Crippen MR) is 152 cm³/mol. The molecule has 0 saturated carbocycles. The Balaban J connectivity index is 1.56. The molecule has 0 saturated heterocycles. The average Bonchev–Trinajstić information content (AvgIpc) is 3.26. The van der Waals surface area contributed by atoms with E-state index in [-0.39, 0.29) is 19.0 Å².